The summed E-state index contributed by atoms with van der Waals surface area (Å²) in [6.45, 7) is 0. The molecule has 16 heavy (non-hydrogen) atoms. The van der Waals surface area contributed by atoms with E-state index in [0.717, 1.165) is 14.5 Å². The third kappa shape index (κ3) is 2.59. The monoisotopic (exact) mass is 342 g/mol. The van der Waals surface area contributed by atoms with Gasteiger partial charge in [0.05, 0.1) is 17.1 Å². The highest BCUT2D eigenvalue weighted by Crippen LogP contribution is 2.17. The maximum absolute atomic E-state index is 11.8. The van der Waals surface area contributed by atoms with E-state index in [2.05, 4.69) is 37.0 Å². The second kappa shape index (κ2) is 4.93. The number of hydrogen-bond donors (Lipinski definition) is 0. The van der Waals surface area contributed by atoms with Gasteiger partial charge >= 0.3 is 0 Å². The molecule has 1 heterocycles. The first-order chi connectivity index (χ1) is 7.66. The smallest absolute Gasteiger partial charge is 0.251 e. The van der Waals surface area contributed by atoms with Gasteiger partial charge in [-0.3, -0.25) is 4.79 Å². The zero-order chi connectivity index (χ0) is 11.5. The molecule has 0 fully saturated rings. The number of carbonyl (C=O) groups excluding carboxylic acids is 1. The van der Waals surface area contributed by atoms with Crippen LogP contribution in [0.2, 0.25) is 0 Å². The van der Waals surface area contributed by atoms with Crippen LogP contribution in [0.15, 0.2) is 45.6 Å². The van der Waals surface area contributed by atoms with E-state index in [1.54, 1.807) is 12.4 Å². The van der Waals surface area contributed by atoms with E-state index in [1.807, 2.05) is 24.3 Å². The Morgan fingerprint density at radius 2 is 2.06 bits per heavy atom. The summed E-state index contributed by atoms with van der Waals surface area (Å²) in [6.07, 6.45) is 3.58. The molecule has 0 radical (unpaired) electrons. The Bertz CT molecular complexity index is 522. The summed E-state index contributed by atoms with van der Waals surface area (Å²) in [4.78, 5) is 11.8. The highest BCUT2D eigenvalue weighted by Gasteiger charge is 2.09. The predicted octanol–water partition coefficient (Wildman–Crippen LogP) is 3.29. The molecule has 0 atom stereocenters. The van der Waals surface area contributed by atoms with E-state index < -0.39 is 0 Å². The summed E-state index contributed by atoms with van der Waals surface area (Å²) < 4.78 is 3.08. The normalized spacial score (nSPS) is 10.4. The van der Waals surface area contributed by atoms with Crippen LogP contribution < -0.4 is 0 Å². The van der Waals surface area contributed by atoms with Gasteiger partial charge in [-0.25, -0.2) is 4.68 Å². The third-order valence-electron chi connectivity index (χ3n) is 2.11. The minimum Gasteiger partial charge on any atom is -0.272 e. The number of halogens is 2. The van der Waals surface area contributed by atoms with Crippen LogP contribution in [0.5, 0.6) is 0 Å². The average Bonchev–Trinajstić information content (AvgIpc) is 2.68. The van der Waals surface area contributed by atoms with E-state index in [4.69, 9.17) is 0 Å². The minimum absolute atomic E-state index is 0.0578. The molecule has 3 nitrogen and oxygen atoms in total. The summed E-state index contributed by atoms with van der Waals surface area (Å²) in [5.41, 5.74) is 0.958. The lowest BCUT2D eigenvalue weighted by Crippen LogP contribution is -2.14. The van der Waals surface area contributed by atoms with Crippen LogP contribution in [0.3, 0.4) is 0 Å². The highest BCUT2D eigenvalue weighted by molar-refractivity contribution is 9.10. The zero-order valence-corrected chi connectivity index (χ0v) is 11.4. The number of rotatable bonds is 2. The summed E-state index contributed by atoms with van der Waals surface area (Å²) in [7, 11) is 0. The number of hydrogen-bond acceptors (Lipinski definition) is 2. The molecule has 0 unspecified atom stereocenters. The molecule has 2 aromatic rings. The zero-order valence-electron chi connectivity index (χ0n) is 8.23. The molecule has 0 saturated carbocycles. The molecule has 82 valence electrons. The molecule has 0 N–H and O–H groups in total. The van der Waals surface area contributed by atoms with Crippen molar-refractivity contribution in [2.24, 2.45) is 0 Å². The Morgan fingerprint density at radius 1 is 1.31 bits per heavy atom. The molecule has 0 spiro atoms. The van der Waals surface area contributed by atoms with Crippen molar-refractivity contribution >= 4 is 37.8 Å². The first kappa shape index (κ1) is 11.5. The molecule has 1 aromatic heterocycles. The van der Waals surface area contributed by atoms with Gasteiger partial charge in [0.1, 0.15) is 0 Å². The topological polar surface area (TPSA) is 34.9 Å². The van der Waals surface area contributed by atoms with Crippen LogP contribution in [-0.2, 0) is 6.42 Å². The molecule has 0 bridgehead atoms. The molecular formula is C11H8Br2N2O. The van der Waals surface area contributed by atoms with Gasteiger partial charge in [0, 0.05) is 10.7 Å². The van der Waals surface area contributed by atoms with Gasteiger partial charge in [0.2, 0.25) is 0 Å². The second-order valence-electron chi connectivity index (χ2n) is 3.27. The van der Waals surface area contributed by atoms with Gasteiger partial charge in [-0.05, 0) is 27.6 Å². The molecule has 0 aliphatic rings. The fourth-order valence-electron chi connectivity index (χ4n) is 1.32. The first-order valence-electron chi connectivity index (χ1n) is 4.63. The van der Waals surface area contributed by atoms with Crippen molar-refractivity contribution < 1.29 is 4.79 Å². The van der Waals surface area contributed by atoms with Gasteiger partial charge in [-0.1, -0.05) is 34.1 Å². The van der Waals surface area contributed by atoms with E-state index >= 15 is 0 Å². The standard InChI is InChI=1S/C11H8Br2N2O/c12-9-6-14-15(7-9)11(16)5-8-3-1-2-4-10(8)13/h1-4,6-7H,5H2. The largest absolute Gasteiger partial charge is 0.272 e. The average molecular weight is 344 g/mol. The van der Waals surface area contributed by atoms with Crippen LogP contribution in [-0.4, -0.2) is 15.7 Å². The first-order valence-corrected chi connectivity index (χ1v) is 6.22. The van der Waals surface area contributed by atoms with Crippen molar-refractivity contribution in [2.45, 2.75) is 6.42 Å². The van der Waals surface area contributed by atoms with Crippen LogP contribution in [0.4, 0.5) is 0 Å². The number of carbonyl (C=O) groups is 1. The minimum atomic E-state index is -0.0578. The Labute approximate surface area is 110 Å². The predicted molar refractivity (Wildman–Crippen MR) is 68.4 cm³/mol. The molecule has 2 rings (SSSR count). The molecule has 5 heteroatoms. The van der Waals surface area contributed by atoms with Crippen LogP contribution in [0.1, 0.15) is 10.4 Å². The van der Waals surface area contributed by atoms with Crippen molar-refractivity contribution in [3.05, 3.63) is 51.2 Å². The highest BCUT2D eigenvalue weighted by atomic mass is 79.9. The van der Waals surface area contributed by atoms with Crippen LogP contribution in [0, 0.1) is 0 Å². The second-order valence-corrected chi connectivity index (χ2v) is 5.04. The third-order valence-corrected chi connectivity index (χ3v) is 3.29. The lowest BCUT2D eigenvalue weighted by Gasteiger charge is -2.03. The lowest BCUT2D eigenvalue weighted by atomic mass is 10.1. The van der Waals surface area contributed by atoms with Crippen LogP contribution >= 0.6 is 31.9 Å². The molecule has 0 aliphatic carbocycles. The molecular weight excluding hydrogens is 336 g/mol. The molecule has 0 amide bonds. The molecule has 0 aliphatic heterocycles. The fourth-order valence-corrected chi connectivity index (χ4v) is 2.03. The van der Waals surface area contributed by atoms with Crippen LogP contribution in [0.25, 0.3) is 0 Å². The number of benzene rings is 1. The van der Waals surface area contributed by atoms with Gasteiger partial charge in [-0.2, -0.15) is 5.10 Å². The fraction of sp³-hybridized carbons (Fsp3) is 0.0909. The van der Waals surface area contributed by atoms with E-state index in [-0.39, 0.29) is 5.91 Å². The van der Waals surface area contributed by atoms with Crippen molar-refractivity contribution in [1.29, 1.82) is 0 Å². The van der Waals surface area contributed by atoms with E-state index in [9.17, 15) is 4.79 Å². The van der Waals surface area contributed by atoms with Crippen molar-refractivity contribution in [3.8, 4) is 0 Å². The maximum Gasteiger partial charge on any atom is 0.251 e. The molecule has 0 saturated heterocycles. The van der Waals surface area contributed by atoms with Crippen molar-refractivity contribution in [3.63, 3.8) is 0 Å². The Hall–Kier alpha value is -0.940. The van der Waals surface area contributed by atoms with Gasteiger partial charge in [-0.15, -0.1) is 0 Å². The quantitative estimate of drug-likeness (QED) is 0.838. The van der Waals surface area contributed by atoms with Crippen molar-refractivity contribution in [2.75, 3.05) is 0 Å². The maximum atomic E-state index is 11.8. The Balaban J connectivity index is 2.17. The van der Waals surface area contributed by atoms with Gasteiger partial charge in [0.25, 0.3) is 5.91 Å². The SMILES string of the molecule is O=C(Cc1ccccc1Br)n1cc(Br)cn1. The summed E-state index contributed by atoms with van der Waals surface area (Å²) in [6, 6.07) is 7.66. The van der Waals surface area contributed by atoms with Crippen molar-refractivity contribution in [1.82, 2.24) is 9.78 Å². The molecule has 1 aromatic carbocycles. The van der Waals surface area contributed by atoms with Gasteiger partial charge < -0.3 is 0 Å². The number of nitrogens with zero attached hydrogens (tertiary/aromatic N) is 2. The van der Waals surface area contributed by atoms with E-state index in [1.165, 1.54) is 4.68 Å². The Kier molecular flexibility index (Phi) is 3.56. The number of aromatic nitrogens is 2. The summed E-state index contributed by atoms with van der Waals surface area (Å²) in [5.74, 6) is -0.0578. The van der Waals surface area contributed by atoms with Gasteiger partial charge in [0.15, 0.2) is 0 Å². The Morgan fingerprint density at radius 3 is 2.69 bits per heavy atom. The van der Waals surface area contributed by atoms with E-state index in [0.29, 0.717) is 6.42 Å². The lowest BCUT2D eigenvalue weighted by molar-refractivity contribution is 0.0898. The summed E-state index contributed by atoms with van der Waals surface area (Å²) in [5, 5.41) is 3.95. The summed E-state index contributed by atoms with van der Waals surface area (Å²) >= 11 is 6.67.